The monoisotopic (exact) mass is 353 g/mol. The van der Waals surface area contributed by atoms with Crippen LogP contribution in [0.2, 0.25) is 0 Å². The number of nitro benzene ring substituents is 1. The average Bonchev–Trinajstić information content (AvgIpc) is 2.62. The number of carbonyl (C=O) groups excluding carboxylic acids is 1. The molecule has 2 N–H and O–H groups in total. The summed E-state index contributed by atoms with van der Waals surface area (Å²) in [7, 11) is 0. The zero-order chi connectivity index (χ0) is 18.3. The number of hydrogen-bond donors (Lipinski definition) is 2. The maximum atomic E-state index is 11.9. The van der Waals surface area contributed by atoms with Crippen LogP contribution < -0.4 is 10.6 Å². The fourth-order valence-electron chi connectivity index (χ4n) is 3.96. The first-order valence-corrected chi connectivity index (χ1v) is 8.48. The number of nitrogens with one attached hydrogen (secondary N) is 2. The second-order valence-electron chi connectivity index (χ2n) is 7.59. The Bertz CT molecular complexity index is 699. The highest BCUT2D eigenvalue weighted by Crippen LogP contribution is 2.54. The van der Waals surface area contributed by atoms with Crippen LogP contribution in [-0.4, -0.2) is 23.4 Å². The number of alkyl halides is 1. The molecule has 0 aromatic heterocycles. The van der Waals surface area contributed by atoms with E-state index >= 15 is 0 Å². The number of halogens is 1. The molecule has 1 aliphatic carbocycles. The van der Waals surface area contributed by atoms with E-state index in [4.69, 9.17) is 11.6 Å². The van der Waals surface area contributed by atoms with Crippen LogP contribution in [0.4, 0.5) is 16.2 Å². The minimum Gasteiger partial charge on any atom is -0.337 e. The lowest BCUT2D eigenvalue weighted by Crippen LogP contribution is -2.30. The molecule has 7 heteroatoms. The van der Waals surface area contributed by atoms with Gasteiger partial charge in [0, 0.05) is 18.0 Å². The van der Waals surface area contributed by atoms with Crippen LogP contribution in [-0.2, 0) is 10.8 Å². The van der Waals surface area contributed by atoms with E-state index in [0.29, 0.717) is 23.7 Å². The molecular weight excluding hydrogens is 330 g/mol. The van der Waals surface area contributed by atoms with Gasteiger partial charge in [0.15, 0.2) is 0 Å². The van der Waals surface area contributed by atoms with Gasteiger partial charge in [-0.3, -0.25) is 10.1 Å². The summed E-state index contributed by atoms with van der Waals surface area (Å²) in [5, 5.41) is 17.1. The van der Waals surface area contributed by atoms with Crippen molar-refractivity contribution in [2.75, 3.05) is 17.7 Å². The van der Waals surface area contributed by atoms with Crippen molar-refractivity contribution in [1.29, 1.82) is 0 Å². The molecule has 1 aliphatic rings. The van der Waals surface area contributed by atoms with Gasteiger partial charge in [-0.05, 0) is 35.8 Å². The number of rotatable bonds is 4. The van der Waals surface area contributed by atoms with Crippen LogP contribution in [0.25, 0.3) is 0 Å². The molecule has 0 fully saturated rings. The molecule has 1 aromatic carbocycles. The highest BCUT2D eigenvalue weighted by Gasteiger charge is 2.47. The summed E-state index contributed by atoms with van der Waals surface area (Å²) in [6, 6.07) is 1.47. The van der Waals surface area contributed by atoms with Gasteiger partial charge in [0.1, 0.15) is 0 Å². The summed E-state index contributed by atoms with van der Waals surface area (Å²) in [5.74, 6) is 0.304. The highest BCUT2D eigenvalue weighted by atomic mass is 35.5. The topological polar surface area (TPSA) is 84.3 Å². The number of benzene rings is 1. The number of urea groups is 1. The van der Waals surface area contributed by atoms with Gasteiger partial charge in [0.25, 0.3) is 5.69 Å². The zero-order valence-electron chi connectivity index (χ0n) is 14.7. The molecule has 0 saturated carbocycles. The van der Waals surface area contributed by atoms with Crippen LogP contribution >= 0.6 is 11.6 Å². The van der Waals surface area contributed by atoms with Crippen molar-refractivity contribution in [2.45, 2.75) is 51.9 Å². The summed E-state index contributed by atoms with van der Waals surface area (Å²) < 4.78 is 0. The summed E-state index contributed by atoms with van der Waals surface area (Å²) in [4.78, 5) is 23.4. The number of carbonyl (C=O) groups is 1. The zero-order valence-corrected chi connectivity index (χ0v) is 15.5. The lowest BCUT2D eigenvalue weighted by Gasteiger charge is -2.22. The fourth-order valence-corrected chi connectivity index (χ4v) is 4.05. The molecule has 0 saturated heterocycles. The molecular formula is C17H24ClN3O3. The number of nitrogens with zero attached hydrogens (tertiary/aromatic N) is 1. The van der Waals surface area contributed by atoms with Gasteiger partial charge in [-0.2, -0.15) is 0 Å². The van der Waals surface area contributed by atoms with Gasteiger partial charge in [-0.1, -0.05) is 27.7 Å². The molecule has 6 nitrogen and oxygen atoms in total. The quantitative estimate of drug-likeness (QED) is 0.482. The van der Waals surface area contributed by atoms with Crippen molar-refractivity contribution < 1.29 is 9.72 Å². The number of hydrogen-bond acceptors (Lipinski definition) is 3. The fraction of sp³-hybridized carbons (Fsp3) is 0.588. The summed E-state index contributed by atoms with van der Waals surface area (Å²) in [6.45, 7) is 10.2. The predicted octanol–water partition coefficient (Wildman–Crippen LogP) is 4.22. The third kappa shape index (κ3) is 3.20. The summed E-state index contributed by atoms with van der Waals surface area (Å²) in [5.41, 5.74) is 2.28. The van der Waals surface area contributed by atoms with Gasteiger partial charge in [0.05, 0.1) is 16.2 Å². The Labute approximate surface area is 147 Å². The molecule has 0 bridgehead atoms. The van der Waals surface area contributed by atoms with Crippen LogP contribution in [0.1, 0.15) is 50.8 Å². The number of anilines is 1. The standard InChI is InChI=1S/C17H24ClN3O3/c1-10-12(20-15(22)19-7-6-18)8-11-13(14(10)21(23)24)17(4,5)9-16(11,2)3/h8H,6-7,9H2,1-5H3,(H2,19,20,22). The third-order valence-corrected chi connectivity index (χ3v) is 4.84. The normalized spacial score (nSPS) is 17.2. The van der Waals surface area contributed by atoms with Crippen molar-refractivity contribution in [1.82, 2.24) is 5.32 Å². The first-order valence-electron chi connectivity index (χ1n) is 7.95. The molecule has 0 spiro atoms. The largest absolute Gasteiger partial charge is 0.337 e. The van der Waals surface area contributed by atoms with Crippen LogP contribution in [0, 0.1) is 17.0 Å². The Kier molecular flexibility index (Phi) is 4.81. The van der Waals surface area contributed by atoms with Crippen molar-refractivity contribution in [2.24, 2.45) is 0 Å². The maximum absolute atomic E-state index is 11.9. The van der Waals surface area contributed by atoms with Crippen LogP contribution in [0.15, 0.2) is 6.07 Å². The molecule has 132 valence electrons. The van der Waals surface area contributed by atoms with E-state index in [1.54, 1.807) is 6.92 Å². The number of nitro groups is 1. The average molecular weight is 354 g/mol. The summed E-state index contributed by atoms with van der Waals surface area (Å²) in [6.07, 6.45) is 0.817. The minimum atomic E-state index is -0.414. The molecule has 24 heavy (non-hydrogen) atoms. The predicted molar refractivity (Wildman–Crippen MR) is 96.2 cm³/mol. The molecule has 0 aliphatic heterocycles. The molecule has 2 rings (SSSR count). The molecule has 0 heterocycles. The molecule has 2 amide bonds. The Hall–Kier alpha value is -1.82. The Morgan fingerprint density at radius 3 is 2.50 bits per heavy atom. The van der Waals surface area contributed by atoms with Crippen LogP contribution in [0.5, 0.6) is 0 Å². The lowest BCUT2D eigenvalue weighted by atomic mass is 9.81. The number of amides is 2. The third-order valence-electron chi connectivity index (χ3n) is 4.65. The van der Waals surface area contributed by atoms with Crippen molar-refractivity contribution in [3.05, 3.63) is 32.9 Å². The lowest BCUT2D eigenvalue weighted by molar-refractivity contribution is -0.386. The smallest absolute Gasteiger partial charge is 0.319 e. The first-order chi connectivity index (χ1) is 11.0. The van der Waals surface area contributed by atoms with E-state index in [1.165, 1.54) is 0 Å². The maximum Gasteiger partial charge on any atom is 0.319 e. The van der Waals surface area contributed by atoms with E-state index in [-0.39, 0.29) is 21.4 Å². The van der Waals surface area contributed by atoms with E-state index in [2.05, 4.69) is 24.5 Å². The van der Waals surface area contributed by atoms with Gasteiger partial charge in [-0.15, -0.1) is 11.6 Å². The van der Waals surface area contributed by atoms with Crippen molar-refractivity contribution in [3.63, 3.8) is 0 Å². The van der Waals surface area contributed by atoms with E-state index in [0.717, 1.165) is 17.5 Å². The molecule has 0 atom stereocenters. The highest BCUT2D eigenvalue weighted by molar-refractivity contribution is 6.18. The van der Waals surface area contributed by atoms with Gasteiger partial charge in [-0.25, -0.2) is 4.79 Å². The van der Waals surface area contributed by atoms with Gasteiger partial charge >= 0.3 is 6.03 Å². The molecule has 1 aromatic rings. The second-order valence-corrected chi connectivity index (χ2v) is 7.97. The number of fused-ring (bicyclic) bond motifs is 1. The Morgan fingerprint density at radius 2 is 1.96 bits per heavy atom. The molecule has 0 radical (unpaired) electrons. The Balaban J connectivity index is 2.59. The van der Waals surface area contributed by atoms with E-state index in [1.807, 2.05) is 19.9 Å². The van der Waals surface area contributed by atoms with Gasteiger partial charge in [0.2, 0.25) is 0 Å². The summed E-state index contributed by atoms with van der Waals surface area (Å²) >= 11 is 5.56. The van der Waals surface area contributed by atoms with E-state index < -0.39 is 6.03 Å². The Morgan fingerprint density at radius 1 is 1.33 bits per heavy atom. The SMILES string of the molecule is Cc1c(NC(=O)NCCCl)cc2c(c1[N+](=O)[O-])C(C)(C)CC2(C)C. The molecule has 0 unspecified atom stereocenters. The second kappa shape index (κ2) is 6.24. The van der Waals surface area contributed by atoms with Gasteiger partial charge < -0.3 is 10.6 Å². The van der Waals surface area contributed by atoms with Crippen LogP contribution in [0.3, 0.4) is 0 Å². The van der Waals surface area contributed by atoms with E-state index in [9.17, 15) is 14.9 Å². The first kappa shape index (κ1) is 18.5. The van der Waals surface area contributed by atoms with Crippen molar-refractivity contribution in [3.8, 4) is 0 Å². The van der Waals surface area contributed by atoms with Crippen molar-refractivity contribution >= 4 is 29.0 Å². The minimum absolute atomic E-state index is 0.107.